The summed E-state index contributed by atoms with van der Waals surface area (Å²) >= 11 is 1.65. The lowest BCUT2D eigenvalue weighted by Crippen LogP contribution is -1.87. The van der Waals surface area contributed by atoms with E-state index in [-0.39, 0.29) is 10.6 Å². The van der Waals surface area contributed by atoms with Gasteiger partial charge in [0.05, 0.1) is 20.5 Å². The fourth-order valence-corrected chi connectivity index (χ4v) is 2.74. The Bertz CT molecular complexity index is 573. The molecule has 0 spiro atoms. The van der Waals surface area contributed by atoms with Gasteiger partial charge < -0.3 is 0 Å². The first-order chi connectivity index (χ1) is 8.49. The summed E-state index contributed by atoms with van der Waals surface area (Å²) in [7, 11) is 0. The molecular formula is C13H14N2O2S. The second kappa shape index (κ2) is 4.86. The van der Waals surface area contributed by atoms with Crippen LogP contribution in [-0.2, 0) is 0 Å². The first-order valence-electron chi connectivity index (χ1n) is 5.71. The Balaban J connectivity index is 2.39. The summed E-state index contributed by atoms with van der Waals surface area (Å²) in [5, 5.41) is 11.7. The molecule has 5 heteroatoms. The molecular weight excluding hydrogens is 248 g/mol. The van der Waals surface area contributed by atoms with Crippen LogP contribution < -0.4 is 0 Å². The van der Waals surface area contributed by atoms with Crippen molar-refractivity contribution in [3.63, 3.8) is 0 Å². The Labute approximate surface area is 109 Å². The number of benzene rings is 1. The van der Waals surface area contributed by atoms with Crippen LogP contribution in [0.5, 0.6) is 0 Å². The number of nitro groups is 1. The molecule has 0 unspecified atom stereocenters. The van der Waals surface area contributed by atoms with Gasteiger partial charge in [0, 0.05) is 18.1 Å². The normalized spacial score (nSPS) is 10.9. The Hall–Kier alpha value is -1.75. The molecule has 0 saturated carbocycles. The van der Waals surface area contributed by atoms with Crippen LogP contribution >= 0.6 is 11.3 Å². The predicted octanol–water partition coefficient (Wildman–Crippen LogP) is 4.15. The molecule has 0 aliphatic rings. The van der Waals surface area contributed by atoms with Crippen LogP contribution in [0.3, 0.4) is 0 Å². The Morgan fingerprint density at radius 3 is 2.33 bits per heavy atom. The third-order valence-corrected chi connectivity index (χ3v) is 4.15. The summed E-state index contributed by atoms with van der Waals surface area (Å²) < 4.78 is 0. The fraction of sp³-hybridized carbons (Fsp3) is 0.308. The standard InChI is InChI=1S/C13H14N2O2S/c1-8(2)13-14-9(3)12(18-13)10-4-6-11(7-5-10)15(16)17/h4-8H,1-3H3. The van der Waals surface area contributed by atoms with E-state index in [9.17, 15) is 10.1 Å². The summed E-state index contributed by atoms with van der Waals surface area (Å²) in [5.41, 5.74) is 2.09. The number of non-ortho nitro benzene ring substituents is 1. The Morgan fingerprint density at radius 1 is 1.28 bits per heavy atom. The summed E-state index contributed by atoms with van der Waals surface area (Å²) in [6.07, 6.45) is 0. The molecule has 0 fully saturated rings. The van der Waals surface area contributed by atoms with Crippen molar-refractivity contribution in [2.45, 2.75) is 26.7 Å². The maximum Gasteiger partial charge on any atom is 0.269 e. The highest BCUT2D eigenvalue weighted by Crippen LogP contribution is 2.33. The van der Waals surface area contributed by atoms with Crippen LogP contribution in [0.2, 0.25) is 0 Å². The quantitative estimate of drug-likeness (QED) is 0.616. The molecule has 94 valence electrons. The minimum Gasteiger partial charge on any atom is -0.258 e. The topological polar surface area (TPSA) is 56.0 Å². The zero-order valence-electron chi connectivity index (χ0n) is 10.5. The van der Waals surface area contributed by atoms with Crippen molar-refractivity contribution in [2.24, 2.45) is 0 Å². The van der Waals surface area contributed by atoms with Crippen LogP contribution in [0.1, 0.15) is 30.5 Å². The zero-order chi connectivity index (χ0) is 13.3. The fourth-order valence-electron chi connectivity index (χ4n) is 1.67. The predicted molar refractivity (Wildman–Crippen MR) is 73.0 cm³/mol. The van der Waals surface area contributed by atoms with Crippen LogP contribution in [0.25, 0.3) is 10.4 Å². The largest absolute Gasteiger partial charge is 0.269 e. The van der Waals surface area contributed by atoms with Crippen LogP contribution in [0.15, 0.2) is 24.3 Å². The van der Waals surface area contributed by atoms with Crippen molar-refractivity contribution in [1.82, 2.24) is 4.98 Å². The first kappa shape index (κ1) is 12.7. The smallest absolute Gasteiger partial charge is 0.258 e. The number of aryl methyl sites for hydroxylation is 1. The highest BCUT2D eigenvalue weighted by Gasteiger charge is 2.13. The maximum absolute atomic E-state index is 10.6. The zero-order valence-corrected chi connectivity index (χ0v) is 11.3. The van der Waals surface area contributed by atoms with Gasteiger partial charge in [-0.1, -0.05) is 13.8 Å². The number of hydrogen-bond donors (Lipinski definition) is 0. The van der Waals surface area contributed by atoms with Gasteiger partial charge in [0.1, 0.15) is 0 Å². The molecule has 2 rings (SSSR count). The number of nitrogens with zero attached hydrogens (tertiary/aromatic N) is 2. The average Bonchev–Trinajstić information content (AvgIpc) is 2.71. The van der Waals surface area contributed by atoms with E-state index in [0.717, 1.165) is 21.1 Å². The highest BCUT2D eigenvalue weighted by molar-refractivity contribution is 7.15. The van der Waals surface area contributed by atoms with Crippen molar-refractivity contribution < 1.29 is 4.92 Å². The van der Waals surface area contributed by atoms with Crippen molar-refractivity contribution in [1.29, 1.82) is 0 Å². The molecule has 0 bridgehead atoms. The van der Waals surface area contributed by atoms with Gasteiger partial charge in [-0.25, -0.2) is 4.98 Å². The van der Waals surface area contributed by atoms with Crippen molar-refractivity contribution >= 4 is 17.0 Å². The number of hydrogen-bond acceptors (Lipinski definition) is 4. The second-order valence-electron chi connectivity index (χ2n) is 4.43. The molecule has 0 atom stereocenters. The summed E-state index contributed by atoms with van der Waals surface area (Å²) in [6.45, 7) is 6.19. The number of aromatic nitrogens is 1. The first-order valence-corrected chi connectivity index (χ1v) is 6.53. The SMILES string of the molecule is Cc1nc(C(C)C)sc1-c1ccc([N+](=O)[O-])cc1. The van der Waals surface area contributed by atoms with Gasteiger partial charge in [0.15, 0.2) is 0 Å². The van der Waals surface area contributed by atoms with E-state index in [1.54, 1.807) is 23.5 Å². The Kier molecular flexibility index (Phi) is 3.43. The third kappa shape index (κ3) is 2.41. The van der Waals surface area contributed by atoms with Gasteiger partial charge in [0.25, 0.3) is 5.69 Å². The molecule has 0 radical (unpaired) electrons. The number of rotatable bonds is 3. The van der Waals surface area contributed by atoms with Crippen molar-refractivity contribution in [2.75, 3.05) is 0 Å². The minimum absolute atomic E-state index is 0.116. The molecule has 1 aromatic heterocycles. The molecule has 1 aromatic carbocycles. The van der Waals surface area contributed by atoms with E-state index in [0.29, 0.717) is 5.92 Å². The Morgan fingerprint density at radius 2 is 1.89 bits per heavy atom. The molecule has 4 nitrogen and oxygen atoms in total. The number of thiazole rings is 1. The molecule has 0 aliphatic carbocycles. The third-order valence-electron chi connectivity index (χ3n) is 2.65. The minimum atomic E-state index is -0.386. The van der Waals surface area contributed by atoms with Crippen molar-refractivity contribution in [3.8, 4) is 10.4 Å². The van der Waals surface area contributed by atoms with Gasteiger partial charge in [-0.2, -0.15) is 0 Å². The van der Waals surface area contributed by atoms with E-state index in [2.05, 4.69) is 18.8 Å². The highest BCUT2D eigenvalue weighted by atomic mass is 32.1. The van der Waals surface area contributed by atoms with Gasteiger partial charge in [-0.3, -0.25) is 10.1 Å². The monoisotopic (exact) mass is 262 g/mol. The van der Waals surface area contributed by atoms with E-state index in [4.69, 9.17) is 0 Å². The van der Waals surface area contributed by atoms with Gasteiger partial charge in [-0.15, -0.1) is 11.3 Å². The van der Waals surface area contributed by atoms with E-state index in [1.807, 2.05) is 6.92 Å². The van der Waals surface area contributed by atoms with Gasteiger partial charge in [0.2, 0.25) is 0 Å². The van der Waals surface area contributed by atoms with E-state index >= 15 is 0 Å². The second-order valence-corrected chi connectivity index (χ2v) is 5.46. The molecule has 1 heterocycles. The van der Waals surface area contributed by atoms with Crippen LogP contribution in [-0.4, -0.2) is 9.91 Å². The van der Waals surface area contributed by atoms with Gasteiger partial charge in [-0.05, 0) is 24.6 Å². The summed E-state index contributed by atoms with van der Waals surface area (Å²) in [6, 6.07) is 6.62. The van der Waals surface area contributed by atoms with Gasteiger partial charge >= 0.3 is 0 Å². The van der Waals surface area contributed by atoms with E-state index in [1.165, 1.54) is 12.1 Å². The molecule has 2 aromatic rings. The lowest BCUT2D eigenvalue weighted by atomic mass is 10.1. The average molecular weight is 262 g/mol. The summed E-state index contributed by atoms with van der Waals surface area (Å²) in [5.74, 6) is 0.403. The maximum atomic E-state index is 10.6. The van der Waals surface area contributed by atoms with E-state index < -0.39 is 0 Å². The molecule has 0 amide bonds. The molecule has 0 saturated heterocycles. The van der Waals surface area contributed by atoms with Crippen LogP contribution in [0.4, 0.5) is 5.69 Å². The lowest BCUT2D eigenvalue weighted by molar-refractivity contribution is -0.384. The number of nitro benzene ring substituents is 1. The summed E-state index contributed by atoms with van der Waals surface area (Å²) in [4.78, 5) is 15.8. The lowest BCUT2D eigenvalue weighted by Gasteiger charge is -1.98. The molecule has 0 N–H and O–H groups in total. The van der Waals surface area contributed by atoms with Crippen molar-refractivity contribution in [3.05, 3.63) is 45.1 Å². The molecule has 0 aliphatic heterocycles. The molecule has 18 heavy (non-hydrogen) atoms. The van der Waals surface area contributed by atoms with Crippen LogP contribution in [0, 0.1) is 17.0 Å².